The molecule has 3 heterocycles. The molecule has 31 heavy (non-hydrogen) atoms. The number of esters is 1. The maximum Gasteiger partial charge on any atom is 0.308 e. The van der Waals surface area contributed by atoms with Crippen molar-refractivity contribution in [3.8, 4) is 0 Å². The third kappa shape index (κ3) is 4.07. The Morgan fingerprint density at radius 2 is 2.00 bits per heavy atom. The van der Waals surface area contributed by atoms with Crippen LogP contribution in [0, 0.1) is 16.0 Å². The normalized spacial score (nSPS) is 20.5. The third-order valence-corrected chi connectivity index (χ3v) is 7.00. The van der Waals surface area contributed by atoms with Crippen molar-refractivity contribution in [3.05, 3.63) is 45.8 Å². The van der Waals surface area contributed by atoms with E-state index in [0.29, 0.717) is 43.3 Å². The van der Waals surface area contributed by atoms with Crippen LogP contribution in [-0.2, 0) is 16.0 Å². The van der Waals surface area contributed by atoms with Gasteiger partial charge in [0.15, 0.2) is 11.0 Å². The molecule has 0 radical (unpaired) electrons. The van der Waals surface area contributed by atoms with Crippen molar-refractivity contribution < 1.29 is 19.2 Å². The molecule has 10 nitrogen and oxygen atoms in total. The van der Waals surface area contributed by atoms with Crippen LogP contribution in [0.5, 0.6) is 0 Å². The molecule has 2 atom stereocenters. The number of carbonyl (C=O) groups excluding carboxylic acids is 2. The molecule has 0 amide bonds. The summed E-state index contributed by atoms with van der Waals surface area (Å²) in [5, 5.41) is 15.5. The molecular weight excluding hydrogens is 422 g/mol. The Balaban J connectivity index is 1.62. The van der Waals surface area contributed by atoms with Crippen LogP contribution in [0.25, 0.3) is 0 Å². The first-order valence-corrected chi connectivity index (χ1v) is 11.0. The molecular formula is C20H23N5O5S. The Hall–Kier alpha value is -2.79. The van der Waals surface area contributed by atoms with Gasteiger partial charge in [-0.1, -0.05) is 30.8 Å². The lowest BCUT2D eigenvalue weighted by Crippen LogP contribution is -2.44. The summed E-state index contributed by atoms with van der Waals surface area (Å²) in [6.45, 7) is 3.16. The topological polar surface area (TPSA) is 120 Å². The van der Waals surface area contributed by atoms with Crippen molar-refractivity contribution >= 4 is 29.3 Å². The van der Waals surface area contributed by atoms with Crippen molar-refractivity contribution in [1.29, 1.82) is 0 Å². The second-order valence-corrected chi connectivity index (χ2v) is 8.69. The van der Waals surface area contributed by atoms with E-state index in [1.807, 2.05) is 6.92 Å². The van der Waals surface area contributed by atoms with Gasteiger partial charge in [0.25, 0.3) is 11.6 Å². The van der Waals surface area contributed by atoms with E-state index >= 15 is 0 Å². The van der Waals surface area contributed by atoms with Crippen molar-refractivity contribution in [1.82, 2.24) is 19.7 Å². The highest BCUT2D eigenvalue weighted by molar-refractivity contribution is 8.00. The molecule has 2 aliphatic heterocycles. The molecule has 1 saturated heterocycles. The van der Waals surface area contributed by atoms with Crippen molar-refractivity contribution in [2.75, 3.05) is 20.2 Å². The van der Waals surface area contributed by atoms with Gasteiger partial charge in [0.2, 0.25) is 0 Å². The summed E-state index contributed by atoms with van der Waals surface area (Å²) in [4.78, 5) is 42.4. The molecule has 2 aromatic rings. The Labute approximate surface area is 183 Å². The van der Waals surface area contributed by atoms with E-state index in [1.165, 1.54) is 35.7 Å². The van der Waals surface area contributed by atoms with Crippen LogP contribution in [0.15, 0.2) is 29.4 Å². The highest BCUT2D eigenvalue weighted by Gasteiger charge is 2.44. The van der Waals surface area contributed by atoms with Crippen molar-refractivity contribution in [3.63, 3.8) is 0 Å². The SMILES string of the molecule is CCc1nc2n(n1)C(=O)C(C(c1ccc([N+](=O)[O-])cc1)N1CCC(C(=O)OC)CC1)S2. The van der Waals surface area contributed by atoms with Gasteiger partial charge in [-0.2, -0.15) is 4.68 Å². The lowest BCUT2D eigenvalue weighted by atomic mass is 9.92. The van der Waals surface area contributed by atoms with E-state index in [0.717, 1.165) is 5.56 Å². The van der Waals surface area contributed by atoms with E-state index in [2.05, 4.69) is 15.0 Å². The Bertz CT molecular complexity index is 1000. The van der Waals surface area contributed by atoms with Gasteiger partial charge in [0.1, 0.15) is 5.25 Å². The number of thioether (sulfide) groups is 1. The van der Waals surface area contributed by atoms with Gasteiger partial charge in [-0.05, 0) is 31.5 Å². The number of rotatable bonds is 6. The van der Waals surface area contributed by atoms with Gasteiger partial charge in [-0.25, -0.2) is 4.98 Å². The molecule has 0 aliphatic carbocycles. The highest BCUT2D eigenvalue weighted by Crippen LogP contribution is 2.42. The number of non-ortho nitro benzene ring substituents is 1. The fraction of sp³-hybridized carbons (Fsp3) is 0.500. The number of ether oxygens (including phenoxy) is 1. The van der Waals surface area contributed by atoms with Crippen LogP contribution < -0.4 is 0 Å². The first-order chi connectivity index (χ1) is 14.9. The number of piperidine rings is 1. The molecule has 164 valence electrons. The Morgan fingerprint density at radius 1 is 1.32 bits per heavy atom. The number of aromatic nitrogens is 3. The van der Waals surface area contributed by atoms with Crippen LogP contribution in [0.1, 0.15) is 42.0 Å². The maximum absolute atomic E-state index is 13.2. The number of hydrogen-bond donors (Lipinski definition) is 0. The molecule has 4 rings (SSSR count). The molecule has 0 N–H and O–H groups in total. The molecule has 1 aromatic heterocycles. The number of aryl methyl sites for hydroxylation is 1. The van der Waals surface area contributed by atoms with Crippen LogP contribution in [0.4, 0.5) is 5.69 Å². The molecule has 0 saturated carbocycles. The number of nitro benzene ring substituents is 1. The van der Waals surface area contributed by atoms with Gasteiger partial charge >= 0.3 is 5.97 Å². The first kappa shape index (κ1) is 21.4. The van der Waals surface area contributed by atoms with E-state index in [1.54, 1.807) is 12.1 Å². The second kappa shape index (κ2) is 8.75. The predicted molar refractivity (Wildman–Crippen MR) is 112 cm³/mol. The Morgan fingerprint density at radius 3 is 2.55 bits per heavy atom. The number of nitro groups is 1. The lowest BCUT2D eigenvalue weighted by molar-refractivity contribution is -0.384. The predicted octanol–water partition coefficient (Wildman–Crippen LogP) is 2.49. The van der Waals surface area contributed by atoms with E-state index < -0.39 is 10.2 Å². The number of carbonyl (C=O) groups is 2. The summed E-state index contributed by atoms with van der Waals surface area (Å²) < 4.78 is 6.25. The fourth-order valence-electron chi connectivity index (χ4n) is 4.14. The average Bonchev–Trinajstić information content (AvgIpc) is 3.33. The zero-order valence-corrected chi connectivity index (χ0v) is 18.1. The molecule has 2 unspecified atom stereocenters. The lowest BCUT2D eigenvalue weighted by Gasteiger charge is -2.38. The number of fused-ring (bicyclic) bond motifs is 1. The first-order valence-electron chi connectivity index (χ1n) is 10.2. The number of nitrogens with zero attached hydrogens (tertiary/aromatic N) is 5. The minimum absolute atomic E-state index is 0.000479. The number of methoxy groups -OCH3 is 1. The monoisotopic (exact) mass is 445 g/mol. The van der Waals surface area contributed by atoms with Crippen LogP contribution in [-0.4, -0.2) is 61.9 Å². The van der Waals surface area contributed by atoms with Crippen molar-refractivity contribution in [2.24, 2.45) is 5.92 Å². The van der Waals surface area contributed by atoms with Gasteiger partial charge in [0, 0.05) is 18.6 Å². The zero-order valence-electron chi connectivity index (χ0n) is 17.3. The molecule has 0 bridgehead atoms. The maximum atomic E-state index is 13.2. The van der Waals surface area contributed by atoms with E-state index in [9.17, 15) is 19.7 Å². The molecule has 1 fully saturated rings. The number of likely N-dealkylation sites (tertiary alicyclic amines) is 1. The van der Waals surface area contributed by atoms with E-state index in [4.69, 9.17) is 4.74 Å². The minimum Gasteiger partial charge on any atom is -0.469 e. The highest BCUT2D eigenvalue weighted by atomic mass is 32.2. The van der Waals surface area contributed by atoms with Gasteiger partial charge in [-0.15, -0.1) is 5.10 Å². The van der Waals surface area contributed by atoms with Gasteiger partial charge < -0.3 is 4.74 Å². The van der Waals surface area contributed by atoms with Gasteiger partial charge in [0.05, 0.1) is 24.0 Å². The molecule has 0 spiro atoms. The quantitative estimate of drug-likeness (QED) is 0.375. The molecule has 11 heteroatoms. The number of hydrogen-bond acceptors (Lipinski definition) is 9. The van der Waals surface area contributed by atoms with Gasteiger partial charge in [-0.3, -0.25) is 24.6 Å². The summed E-state index contributed by atoms with van der Waals surface area (Å²) >= 11 is 1.37. The van der Waals surface area contributed by atoms with Crippen LogP contribution in [0.3, 0.4) is 0 Å². The summed E-state index contributed by atoms with van der Waals surface area (Å²) in [5.74, 6) is 0.106. The fourth-order valence-corrected chi connectivity index (χ4v) is 5.42. The number of benzene rings is 1. The van der Waals surface area contributed by atoms with Crippen LogP contribution in [0.2, 0.25) is 0 Å². The average molecular weight is 446 g/mol. The summed E-state index contributed by atoms with van der Waals surface area (Å²) in [6.07, 6.45) is 1.90. The zero-order chi connectivity index (χ0) is 22.1. The summed E-state index contributed by atoms with van der Waals surface area (Å²) in [5.41, 5.74) is 0.814. The van der Waals surface area contributed by atoms with E-state index in [-0.39, 0.29) is 29.5 Å². The second-order valence-electron chi connectivity index (χ2n) is 7.58. The molecule has 1 aromatic carbocycles. The summed E-state index contributed by atoms with van der Waals surface area (Å²) in [7, 11) is 1.39. The smallest absolute Gasteiger partial charge is 0.308 e. The Kier molecular flexibility index (Phi) is 6.05. The molecule has 2 aliphatic rings. The standard InChI is InChI=1S/C20H23N5O5S/c1-3-15-21-20-24(22-15)18(26)17(31-20)16(12-4-6-14(7-5-12)25(28)29)23-10-8-13(9-11-23)19(27)30-2/h4-7,13,16-17H,3,8-11H2,1-2H3. The third-order valence-electron chi connectivity index (χ3n) is 5.81. The van der Waals surface area contributed by atoms with Crippen molar-refractivity contribution in [2.45, 2.75) is 42.6 Å². The summed E-state index contributed by atoms with van der Waals surface area (Å²) in [6, 6.07) is 6.01. The minimum atomic E-state index is -0.475. The largest absolute Gasteiger partial charge is 0.469 e. The van der Waals surface area contributed by atoms with Crippen LogP contribution >= 0.6 is 11.8 Å².